The zero-order valence-corrected chi connectivity index (χ0v) is 10.7. The van der Waals surface area contributed by atoms with Gasteiger partial charge in [0.15, 0.2) is 0 Å². The van der Waals surface area contributed by atoms with E-state index >= 15 is 0 Å². The summed E-state index contributed by atoms with van der Waals surface area (Å²) >= 11 is 1.77. The molecule has 1 fully saturated rings. The van der Waals surface area contributed by atoms with Gasteiger partial charge in [0.2, 0.25) is 0 Å². The molecular weight excluding hydrogens is 220 g/mol. The second-order valence-corrected chi connectivity index (χ2v) is 5.46. The van der Waals surface area contributed by atoms with Crippen LogP contribution in [0.3, 0.4) is 0 Å². The molecule has 1 saturated carbocycles. The van der Waals surface area contributed by atoms with Gasteiger partial charge in [-0.3, -0.25) is 0 Å². The maximum absolute atomic E-state index is 9.42. The molecule has 0 unspecified atom stereocenters. The van der Waals surface area contributed by atoms with Gasteiger partial charge in [-0.15, -0.1) is 18.3 Å². The summed E-state index contributed by atoms with van der Waals surface area (Å²) in [6.07, 6.45) is 5.10. The molecule has 0 heterocycles. The van der Waals surface area contributed by atoms with Gasteiger partial charge in [0.25, 0.3) is 0 Å². The van der Waals surface area contributed by atoms with Crippen LogP contribution in [0.1, 0.15) is 13.3 Å². The van der Waals surface area contributed by atoms with E-state index in [1.165, 1.54) is 0 Å². The lowest BCUT2D eigenvalue weighted by Crippen LogP contribution is -2.23. The van der Waals surface area contributed by atoms with E-state index in [0.717, 1.165) is 12.2 Å². The molecule has 4 atom stereocenters. The molecular formula is C13H22O2S. The molecule has 2 N–H and O–H groups in total. The first-order valence-corrected chi connectivity index (χ1v) is 6.95. The Hall–Kier alpha value is -0.250. The summed E-state index contributed by atoms with van der Waals surface area (Å²) in [5.74, 6) is 2.14. The Morgan fingerprint density at radius 1 is 1.25 bits per heavy atom. The normalized spacial score (nSPS) is 34.7. The standard InChI is InChI=1S/C13H22O2S/c1-3-10-7-11(5-6-16-4-2)13(9-15)12(10)8-14/h3,5-6,10-15H,1,4,7-9H2,2H3/t10-,11+,12+,13-/m1/s1. The van der Waals surface area contributed by atoms with Crippen LogP contribution in [0, 0.1) is 23.7 Å². The quantitative estimate of drug-likeness (QED) is 0.702. The molecule has 1 aliphatic carbocycles. The molecule has 0 aromatic carbocycles. The number of hydrogen-bond donors (Lipinski definition) is 2. The summed E-state index contributed by atoms with van der Waals surface area (Å²) in [6, 6.07) is 0. The molecule has 0 spiro atoms. The third kappa shape index (κ3) is 3.12. The lowest BCUT2D eigenvalue weighted by molar-refractivity contribution is 0.117. The second kappa shape index (κ2) is 7.15. The van der Waals surface area contributed by atoms with Crippen LogP contribution >= 0.6 is 11.8 Å². The molecule has 0 radical (unpaired) electrons. The van der Waals surface area contributed by atoms with E-state index in [9.17, 15) is 10.2 Å². The maximum Gasteiger partial charge on any atom is 0.0468 e. The molecule has 0 aromatic rings. The van der Waals surface area contributed by atoms with E-state index in [1.807, 2.05) is 6.08 Å². The van der Waals surface area contributed by atoms with E-state index in [-0.39, 0.29) is 25.0 Å². The van der Waals surface area contributed by atoms with Crippen LogP contribution in [0.5, 0.6) is 0 Å². The summed E-state index contributed by atoms with van der Waals surface area (Å²) < 4.78 is 0. The number of allylic oxidation sites excluding steroid dienone is 2. The molecule has 0 saturated heterocycles. The van der Waals surface area contributed by atoms with E-state index in [1.54, 1.807) is 11.8 Å². The lowest BCUT2D eigenvalue weighted by atomic mass is 9.88. The largest absolute Gasteiger partial charge is 0.396 e. The van der Waals surface area contributed by atoms with Gasteiger partial charge in [-0.05, 0) is 41.3 Å². The van der Waals surface area contributed by atoms with Gasteiger partial charge in [0.05, 0.1) is 0 Å². The van der Waals surface area contributed by atoms with Crippen LogP contribution in [-0.4, -0.2) is 29.2 Å². The summed E-state index contributed by atoms with van der Waals surface area (Å²) in [5.41, 5.74) is 0. The fourth-order valence-corrected chi connectivity index (χ4v) is 3.09. The van der Waals surface area contributed by atoms with Crippen molar-refractivity contribution in [1.82, 2.24) is 0 Å². The van der Waals surface area contributed by atoms with Gasteiger partial charge in [0.1, 0.15) is 0 Å². The van der Waals surface area contributed by atoms with Crippen molar-refractivity contribution in [2.45, 2.75) is 13.3 Å². The van der Waals surface area contributed by atoms with Crippen molar-refractivity contribution in [3.05, 3.63) is 24.1 Å². The van der Waals surface area contributed by atoms with Gasteiger partial charge in [0, 0.05) is 13.2 Å². The number of thioether (sulfide) groups is 1. The van der Waals surface area contributed by atoms with E-state index in [2.05, 4.69) is 25.0 Å². The van der Waals surface area contributed by atoms with Crippen molar-refractivity contribution in [2.75, 3.05) is 19.0 Å². The first kappa shape index (κ1) is 13.8. The van der Waals surface area contributed by atoms with Gasteiger partial charge >= 0.3 is 0 Å². The van der Waals surface area contributed by atoms with E-state index in [0.29, 0.717) is 11.8 Å². The highest BCUT2D eigenvalue weighted by molar-refractivity contribution is 8.02. The first-order chi connectivity index (χ1) is 7.78. The molecule has 16 heavy (non-hydrogen) atoms. The van der Waals surface area contributed by atoms with Crippen molar-refractivity contribution in [3.63, 3.8) is 0 Å². The Labute approximate surface area is 102 Å². The highest BCUT2D eigenvalue weighted by atomic mass is 32.2. The minimum Gasteiger partial charge on any atom is -0.396 e. The van der Waals surface area contributed by atoms with Gasteiger partial charge in [-0.25, -0.2) is 0 Å². The fraction of sp³-hybridized carbons (Fsp3) is 0.692. The number of hydrogen-bond acceptors (Lipinski definition) is 3. The third-order valence-corrected chi connectivity index (χ3v) is 4.19. The van der Waals surface area contributed by atoms with Crippen molar-refractivity contribution in [2.24, 2.45) is 23.7 Å². The van der Waals surface area contributed by atoms with Crippen molar-refractivity contribution in [1.29, 1.82) is 0 Å². The molecule has 92 valence electrons. The van der Waals surface area contributed by atoms with Crippen molar-refractivity contribution < 1.29 is 10.2 Å². The lowest BCUT2D eigenvalue weighted by Gasteiger charge is -2.20. The van der Waals surface area contributed by atoms with Crippen molar-refractivity contribution >= 4 is 11.8 Å². The Kier molecular flexibility index (Phi) is 6.17. The highest BCUT2D eigenvalue weighted by Gasteiger charge is 2.39. The van der Waals surface area contributed by atoms with Crippen LogP contribution in [0.25, 0.3) is 0 Å². The second-order valence-electron chi connectivity index (χ2n) is 4.28. The van der Waals surface area contributed by atoms with Gasteiger partial charge in [-0.2, -0.15) is 0 Å². The van der Waals surface area contributed by atoms with Crippen molar-refractivity contribution in [3.8, 4) is 0 Å². The minimum atomic E-state index is 0.146. The number of rotatable bonds is 6. The summed E-state index contributed by atoms with van der Waals surface area (Å²) in [4.78, 5) is 0. The number of aliphatic hydroxyl groups is 2. The van der Waals surface area contributed by atoms with E-state index in [4.69, 9.17) is 0 Å². The average molecular weight is 242 g/mol. The predicted octanol–water partition coefficient (Wildman–Crippen LogP) is 2.29. The average Bonchev–Trinajstić information content (AvgIpc) is 2.66. The molecule has 1 aliphatic rings. The highest BCUT2D eigenvalue weighted by Crippen LogP contribution is 2.42. The predicted molar refractivity (Wildman–Crippen MR) is 70.2 cm³/mol. The van der Waals surface area contributed by atoms with E-state index < -0.39 is 0 Å². The van der Waals surface area contributed by atoms with Crippen LogP contribution in [0.4, 0.5) is 0 Å². The third-order valence-electron chi connectivity index (χ3n) is 3.51. The molecule has 0 amide bonds. The fourth-order valence-electron chi connectivity index (χ4n) is 2.59. The molecule has 0 bridgehead atoms. The zero-order chi connectivity index (χ0) is 12.0. The van der Waals surface area contributed by atoms with Crippen LogP contribution < -0.4 is 0 Å². The monoisotopic (exact) mass is 242 g/mol. The molecule has 1 rings (SSSR count). The first-order valence-electron chi connectivity index (χ1n) is 5.91. The SMILES string of the molecule is C=C[C@@H]1C[C@H](C=CSCC)[C@@H](CO)[C@H]1CO. The topological polar surface area (TPSA) is 40.5 Å². The Balaban J connectivity index is 2.67. The smallest absolute Gasteiger partial charge is 0.0468 e. The molecule has 0 aromatic heterocycles. The Morgan fingerprint density at radius 2 is 1.88 bits per heavy atom. The molecule has 3 heteroatoms. The van der Waals surface area contributed by atoms with Gasteiger partial charge < -0.3 is 10.2 Å². The summed E-state index contributed by atoms with van der Waals surface area (Å²) in [7, 11) is 0. The number of aliphatic hydroxyl groups excluding tert-OH is 2. The molecule has 0 aliphatic heterocycles. The van der Waals surface area contributed by atoms with Gasteiger partial charge in [-0.1, -0.05) is 19.1 Å². The Bertz CT molecular complexity index is 240. The van der Waals surface area contributed by atoms with Crippen LogP contribution in [0.2, 0.25) is 0 Å². The van der Waals surface area contributed by atoms with Crippen LogP contribution in [-0.2, 0) is 0 Å². The Morgan fingerprint density at radius 3 is 2.38 bits per heavy atom. The molecule has 2 nitrogen and oxygen atoms in total. The zero-order valence-electron chi connectivity index (χ0n) is 9.88. The summed E-state index contributed by atoms with van der Waals surface area (Å²) in [6.45, 7) is 6.24. The minimum absolute atomic E-state index is 0.146. The van der Waals surface area contributed by atoms with Crippen LogP contribution in [0.15, 0.2) is 24.1 Å². The summed E-state index contributed by atoms with van der Waals surface area (Å²) in [5, 5.41) is 20.9. The maximum atomic E-state index is 9.42.